The lowest BCUT2D eigenvalue weighted by atomic mass is 10.1. The number of anilines is 1. The monoisotopic (exact) mass is 278 g/mol. The van der Waals surface area contributed by atoms with Crippen LogP contribution in [0.3, 0.4) is 0 Å². The molecule has 0 aliphatic heterocycles. The van der Waals surface area contributed by atoms with Crippen LogP contribution in [0.25, 0.3) is 11.1 Å². The topological polar surface area (TPSA) is 59.8 Å². The van der Waals surface area contributed by atoms with E-state index in [0.29, 0.717) is 5.56 Å². The van der Waals surface area contributed by atoms with Gasteiger partial charge in [-0.25, -0.2) is 0 Å². The van der Waals surface area contributed by atoms with Crippen molar-refractivity contribution in [1.82, 2.24) is 14.8 Å². The van der Waals surface area contributed by atoms with Gasteiger partial charge in [0.1, 0.15) is 0 Å². The fourth-order valence-electron chi connectivity index (χ4n) is 2.05. The summed E-state index contributed by atoms with van der Waals surface area (Å²) in [6, 6.07) is 11.5. The molecular weight excluding hydrogens is 264 g/mol. The minimum absolute atomic E-state index is 0.175. The molecule has 0 atom stereocenters. The van der Waals surface area contributed by atoms with Crippen molar-refractivity contribution in [2.75, 3.05) is 5.32 Å². The lowest BCUT2D eigenvalue weighted by Gasteiger charge is -2.06. The summed E-state index contributed by atoms with van der Waals surface area (Å²) >= 11 is 0. The first-order valence-corrected chi connectivity index (χ1v) is 6.53. The largest absolute Gasteiger partial charge is 0.322 e. The maximum Gasteiger partial charge on any atom is 0.258 e. The molecule has 0 unspecified atom stereocenters. The third-order valence-corrected chi connectivity index (χ3v) is 3.08. The van der Waals surface area contributed by atoms with Crippen LogP contribution in [0.2, 0.25) is 0 Å². The van der Waals surface area contributed by atoms with E-state index in [4.69, 9.17) is 0 Å². The molecule has 5 nitrogen and oxygen atoms in total. The van der Waals surface area contributed by atoms with Crippen molar-refractivity contribution >= 4 is 11.6 Å². The molecule has 0 saturated carbocycles. The maximum atomic E-state index is 12.1. The van der Waals surface area contributed by atoms with Gasteiger partial charge in [0.25, 0.3) is 5.91 Å². The van der Waals surface area contributed by atoms with Crippen LogP contribution in [0, 0.1) is 0 Å². The zero-order valence-electron chi connectivity index (χ0n) is 11.5. The number of aromatic nitrogens is 3. The Labute approximate surface area is 122 Å². The van der Waals surface area contributed by atoms with Crippen molar-refractivity contribution in [1.29, 1.82) is 0 Å². The average Bonchev–Trinajstić information content (AvgIpc) is 2.95. The van der Waals surface area contributed by atoms with E-state index in [2.05, 4.69) is 15.4 Å². The summed E-state index contributed by atoms with van der Waals surface area (Å²) in [6.07, 6.45) is 6.75. The number of benzene rings is 1. The Bertz CT molecular complexity index is 765. The molecule has 1 amide bonds. The molecule has 104 valence electrons. The van der Waals surface area contributed by atoms with Gasteiger partial charge in [-0.15, -0.1) is 0 Å². The third kappa shape index (κ3) is 2.97. The predicted octanol–water partition coefficient (Wildman–Crippen LogP) is 2.73. The van der Waals surface area contributed by atoms with Crippen LogP contribution in [0.5, 0.6) is 0 Å². The summed E-state index contributed by atoms with van der Waals surface area (Å²) in [5, 5.41) is 6.86. The van der Waals surface area contributed by atoms with Crippen LogP contribution >= 0.6 is 0 Å². The van der Waals surface area contributed by atoms with Gasteiger partial charge >= 0.3 is 0 Å². The molecular formula is C16H14N4O. The molecule has 0 aliphatic rings. The maximum absolute atomic E-state index is 12.1. The smallest absolute Gasteiger partial charge is 0.258 e. The predicted molar refractivity (Wildman–Crippen MR) is 80.8 cm³/mol. The lowest BCUT2D eigenvalue weighted by Crippen LogP contribution is -2.11. The minimum atomic E-state index is -0.175. The molecule has 21 heavy (non-hydrogen) atoms. The molecule has 2 heterocycles. The van der Waals surface area contributed by atoms with E-state index in [-0.39, 0.29) is 5.91 Å². The number of carbonyl (C=O) groups is 1. The van der Waals surface area contributed by atoms with E-state index >= 15 is 0 Å². The van der Waals surface area contributed by atoms with Crippen LogP contribution in [0.15, 0.2) is 61.2 Å². The van der Waals surface area contributed by atoms with E-state index in [1.54, 1.807) is 36.5 Å². The van der Waals surface area contributed by atoms with Gasteiger partial charge in [-0.05, 0) is 23.8 Å². The molecule has 0 bridgehead atoms. The van der Waals surface area contributed by atoms with Gasteiger partial charge in [0, 0.05) is 36.9 Å². The number of aryl methyl sites for hydroxylation is 1. The van der Waals surface area contributed by atoms with Crippen LogP contribution in [-0.2, 0) is 7.05 Å². The molecule has 0 aliphatic carbocycles. The van der Waals surface area contributed by atoms with Gasteiger partial charge in [0.2, 0.25) is 0 Å². The second-order valence-corrected chi connectivity index (χ2v) is 4.68. The Morgan fingerprint density at radius 1 is 1.14 bits per heavy atom. The van der Waals surface area contributed by atoms with Gasteiger partial charge in [-0.1, -0.05) is 18.2 Å². The summed E-state index contributed by atoms with van der Waals surface area (Å²) in [5.74, 6) is -0.175. The molecule has 5 heteroatoms. The first-order valence-electron chi connectivity index (χ1n) is 6.53. The lowest BCUT2D eigenvalue weighted by molar-refractivity contribution is 0.102. The second-order valence-electron chi connectivity index (χ2n) is 4.68. The number of pyridine rings is 1. The highest BCUT2D eigenvalue weighted by Gasteiger charge is 2.08. The Morgan fingerprint density at radius 2 is 2.00 bits per heavy atom. The quantitative estimate of drug-likeness (QED) is 0.801. The van der Waals surface area contributed by atoms with Gasteiger partial charge < -0.3 is 5.32 Å². The molecule has 2 aromatic heterocycles. The summed E-state index contributed by atoms with van der Waals surface area (Å²) < 4.78 is 1.60. The highest BCUT2D eigenvalue weighted by atomic mass is 16.1. The Kier molecular flexibility index (Phi) is 3.47. The van der Waals surface area contributed by atoms with E-state index in [9.17, 15) is 4.79 Å². The average molecular weight is 278 g/mol. The Morgan fingerprint density at radius 3 is 2.71 bits per heavy atom. The molecule has 3 aromatic rings. The van der Waals surface area contributed by atoms with Crippen LogP contribution in [0.1, 0.15) is 10.4 Å². The van der Waals surface area contributed by atoms with Gasteiger partial charge in [0.15, 0.2) is 0 Å². The first kappa shape index (κ1) is 13.1. The molecule has 1 aromatic carbocycles. The first-order chi connectivity index (χ1) is 10.2. The van der Waals surface area contributed by atoms with Crippen molar-refractivity contribution in [2.45, 2.75) is 0 Å². The summed E-state index contributed by atoms with van der Waals surface area (Å²) in [4.78, 5) is 16.2. The van der Waals surface area contributed by atoms with E-state index in [0.717, 1.165) is 16.8 Å². The fraction of sp³-hybridized carbons (Fsp3) is 0.0625. The number of nitrogens with zero attached hydrogens (tertiary/aromatic N) is 3. The van der Waals surface area contributed by atoms with Crippen LogP contribution in [-0.4, -0.2) is 20.7 Å². The van der Waals surface area contributed by atoms with Crippen molar-refractivity contribution in [3.8, 4) is 11.1 Å². The summed E-state index contributed by atoms with van der Waals surface area (Å²) in [6.45, 7) is 0. The van der Waals surface area contributed by atoms with E-state index in [1.807, 2.05) is 36.4 Å². The Balaban J connectivity index is 1.82. The number of rotatable bonds is 3. The van der Waals surface area contributed by atoms with Crippen molar-refractivity contribution < 1.29 is 4.79 Å². The number of hydrogen-bond donors (Lipinski definition) is 1. The number of carbonyl (C=O) groups excluding carboxylic acids is 1. The zero-order chi connectivity index (χ0) is 14.7. The molecule has 0 spiro atoms. The standard InChI is InChI=1S/C16H14N4O/c1-20-11-14(10-18-20)16(21)19-15-6-2-4-12(8-15)13-5-3-7-17-9-13/h2-11H,1H3,(H,19,21). The van der Waals surface area contributed by atoms with Gasteiger partial charge in [-0.2, -0.15) is 5.10 Å². The van der Waals surface area contributed by atoms with Crippen molar-refractivity contribution in [3.63, 3.8) is 0 Å². The molecule has 1 N–H and O–H groups in total. The van der Waals surface area contributed by atoms with Crippen molar-refractivity contribution in [3.05, 3.63) is 66.7 Å². The molecule has 0 fully saturated rings. The normalized spacial score (nSPS) is 10.3. The fourth-order valence-corrected chi connectivity index (χ4v) is 2.05. The zero-order valence-corrected chi connectivity index (χ0v) is 11.5. The van der Waals surface area contributed by atoms with Gasteiger partial charge in [0.05, 0.1) is 11.8 Å². The highest BCUT2D eigenvalue weighted by molar-refractivity contribution is 6.04. The molecule has 0 saturated heterocycles. The number of hydrogen-bond acceptors (Lipinski definition) is 3. The van der Waals surface area contributed by atoms with Crippen molar-refractivity contribution in [2.24, 2.45) is 7.05 Å². The van der Waals surface area contributed by atoms with E-state index < -0.39 is 0 Å². The van der Waals surface area contributed by atoms with E-state index in [1.165, 1.54) is 0 Å². The van der Waals surface area contributed by atoms with Crippen LogP contribution < -0.4 is 5.32 Å². The molecule has 0 radical (unpaired) electrons. The number of nitrogens with one attached hydrogen (secondary N) is 1. The third-order valence-electron chi connectivity index (χ3n) is 3.08. The SMILES string of the molecule is Cn1cc(C(=O)Nc2cccc(-c3cccnc3)c2)cn1. The number of amides is 1. The highest BCUT2D eigenvalue weighted by Crippen LogP contribution is 2.21. The van der Waals surface area contributed by atoms with Crippen LogP contribution in [0.4, 0.5) is 5.69 Å². The Hall–Kier alpha value is -2.95. The summed E-state index contributed by atoms with van der Waals surface area (Å²) in [7, 11) is 1.78. The molecule has 3 rings (SSSR count). The summed E-state index contributed by atoms with van der Waals surface area (Å²) in [5.41, 5.74) is 3.29. The minimum Gasteiger partial charge on any atom is -0.322 e. The second kappa shape index (κ2) is 5.58. The van der Waals surface area contributed by atoms with Gasteiger partial charge in [-0.3, -0.25) is 14.5 Å².